The Hall–Kier alpha value is -2.49. The fourth-order valence-corrected chi connectivity index (χ4v) is 3.04. The Kier molecular flexibility index (Phi) is 5.45. The molecule has 2 heterocycles. The lowest BCUT2D eigenvalue weighted by Gasteiger charge is -2.27. The first kappa shape index (κ1) is 19.3. The number of carbonyl (C=O) groups excluding carboxylic acids is 2. The summed E-state index contributed by atoms with van der Waals surface area (Å²) < 4.78 is 50.2. The summed E-state index contributed by atoms with van der Waals surface area (Å²) in [5, 5.41) is 4.34. The minimum Gasteiger partial charge on any atom is -0.482 e. The Balaban J connectivity index is 1.66. The standard InChI is InChI=1S/C17H20F3N3O4/c1-23-12-7-10(4-5-13(12)27-9-15(23)24)21-16(25)22-14(17(18,19)20)8-11-3-2-6-26-11/h4-5,7,11,14H,2-3,6,8-9H2,1H3,(H2,21,22,25). The van der Waals surface area contributed by atoms with Crippen molar-refractivity contribution in [2.45, 2.75) is 37.6 Å². The number of amides is 3. The Morgan fingerprint density at radius 3 is 2.85 bits per heavy atom. The van der Waals surface area contributed by atoms with Crippen molar-refractivity contribution in [3.63, 3.8) is 0 Å². The number of hydrogen-bond donors (Lipinski definition) is 2. The van der Waals surface area contributed by atoms with Crippen LogP contribution in [0.2, 0.25) is 0 Å². The van der Waals surface area contributed by atoms with Gasteiger partial charge in [-0.1, -0.05) is 0 Å². The number of halogens is 3. The van der Waals surface area contributed by atoms with Crippen LogP contribution in [-0.2, 0) is 9.53 Å². The van der Waals surface area contributed by atoms with E-state index in [-0.39, 0.29) is 24.6 Å². The number of alkyl halides is 3. The van der Waals surface area contributed by atoms with E-state index < -0.39 is 24.4 Å². The SMILES string of the molecule is CN1C(=O)COc2ccc(NC(=O)NC(CC3CCCO3)C(F)(F)F)cc21. The molecule has 0 spiro atoms. The van der Waals surface area contributed by atoms with Gasteiger partial charge >= 0.3 is 12.2 Å². The third kappa shape index (κ3) is 4.62. The second kappa shape index (κ2) is 7.63. The third-order valence-corrected chi connectivity index (χ3v) is 4.53. The van der Waals surface area contributed by atoms with Crippen molar-refractivity contribution in [1.29, 1.82) is 0 Å². The van der Waals surface area contributed by atoms with E-state index in [4.69, 9.17) is 9.47 Å². The minimum absolute atomic E-state index is 0.0900. The summed E-state index contributed by atoms with van der Waals surface area (Å²) in [6.07, 6.45) is -4.17. The molecule has 0 bridgehead atoms. The highest BCUT2D eigenvalue weighted by molar-refractivity contribution is 5.99. The predicted octanol–water partition coefficient (Wildman–Crippen LogP) is 2.66. The first-order valence-corrected chi connectivity index (χ1v) is 8.53. The van der Waals surface area contributed by atoms with E-state index in [0.717, 1.165) is 0 Å². The Labute approximate surface area is 153 Å². The Bertz CT molecular complexity index is 720. The van der Waals surface area contributed by atoms with Crippen molar-refractivity contribution in [2.75, 3.05) is 30.5 Å². The molecular formula is C17H20F3N3O4. The molecule has 1 aromatic carbocycles. The minimum atomic E-state index is -4.58. The number of nitrogens with zero attached hydrogens (tertiary/aromatic N) is 1. The van der Waals surface area contributed by atoms with Gasteiger partial charge < -0.3 is 25.0 Å². The number of carbonyl (C=O) groups is 2. The third-order valence-electron chi connectivity index (χ3n) is 4.53. The van der Waals surface area contributed by atoms with Crippen molar-refractivity contribution in [3.05, 3.63) is 18.2 Å². The van der Waals surface area contributed by atoms with Gasteiger partial charge in [0.2, 0.25) is 0 Å². The molecule has 10 heteroatoms. The van der Waals surface area contributed by atoms with E-state index >= 15 is 0 Å². The number of nitrogens with one attached hydrogen (secondary N) is 2. The van der Waals surface area contributed by atoms with E-state index in [1.165, 1.54) is 17.0 Å². The molecule has 0 saturated carbocycles. The van der Waals surface area contributed by atoms with Crippen LogP contribution in [0.3, 0.4) is 0 Å². The lowest BCUT2D eigenvalue weighted by Crippen LogP contribution is -2.48. The number of ether oxygens (including phenoxy) is 2. The number of benzene rings is 1. The number of rotatable bonds is 4. The Morgan fingerprint density at radius 2 is 2.19 bits per heavy atom. The lowest BCUT2D eigenvalue weighted by atomic mass is 10.1. The molecule has 2 N–H and O–H groups in total. The molecule has 2 unspecified atom stereocenters. The topological polar surface area (TPSA) is 79.9 Å². The van der Waals surface area contributed by atoms with Crippen molar-refractivity contribution in [3.8, 4) is 5.75 Å². The first-order chi connectivity index (χ1) is 12.7. The zero-order valence-corrected chi connectivity index (χ0v) is 14.6. The van der Waals surface area contributed by atoms with Gasteiger partial charge in [0.05, 0.1) is 11.8 Å². The number of urea groups is 1. The van der Waals surface area contributed by atoms with Crippen LogP contribution in [0.25, 0.3) is 0 Å². The van der Waals surface area contributed by atoms with E-state index in [2.05, 4.69) is 5.32 Å². The quantitative estimate of drug-likeness (QED) is 0.833. The maximum Gasteiger partial charge on any atom is 0.408 e. The molecule has 3 rings (SSSR count). The fraction of sp³-hybridized carbons (Fsp3) is 0.529. The second-order valence-corrected chi connectivity index (χ2v) is 6.49. The van der Waals surface area contributed by atoms with Gasteiger partial charge in [-0.15, -0.1) is 0 Å². The smallest absolute Gasteiger partial charge is 0.408 e. The van der Waals surface area contributed by atoms with Crippen LogP contribution >= 0.6 is 0 Å². The summed E-state index contributed by atoms with van der Waals surface area (Å²) in [5.74, 6) is 0.187. The average Bonchev–Trinajstić information content (AvgIpc) is 3.10. The van der Waals surface area contributed by atoms with Crippen molar-refractivity contribution in [2.24, 2.45) is 0 Å². The number of fused-ring (bicyclic) bond motifs is 1. The van der Waals surface area contributed by atoms with Gasteiger partial charge in [0, 0.05) is 25.8 Å². The maximum absolute atomic E-state index is 13.2. The van der Waals surface area contributed by atoms with Crippen LogP contribution in [0.5, 0.6) is 5.75 Å². The van der Waals surface area contributed by atoms with Crippen LogP contribution in [0.15, 0.2) is 18.2 Å². The predicted molar refractivity (Wildman–Crippen MR) is 90.9 cm³/mol. The highest BCUT2D eigenvalue weighted by Crippen LogP contribution is 2.33. The summed E-state index contributed by atoms with van der Waals surface area (Å²) in [6, 6.07) is 1.51. The number of likely N-dealkylation sites (N-methyl/N-ethyl adjacent to an activating group) is 1. The average molecular weight is 387 g/mol. The number of hydrogen-bond acceptors (Lipinski definition) is 4. The number of anilines is 2. The van der Waals surface area contributed by atoms with Crippen molar-refractivity contribution < 1.29 is 32.2 Å². The Morgan fingerprint density at radius 1 is 1.41 bits per heavy atom. The zero-order valence-electron chi connectivity index (χ0n) is 14.6. The molecule has 1 saturated heterocycles. The van der Waals surface area contributed by atoms with Crippen LogP contribution in [0.4, 0.5) is 29.3 Å². The summed E-state index contributed by atoms with van der Waals surface area (Å²) >= 11 is 0. The lowest BCUT2D eigenvalue weighted by molar-refractivity contribution is -0.159. The van der Waals surface area contributed by atoms with Crippen molar-refractivity contribution >= 4 is 23.3 Å². The molecule has 1 aromatic rings. The summed E-state index contributed by atoms with van der Waals surface area (Å²) in [5.41, 5.74) is 0.671. The van der Waals surface area contributed by atoms with Gasteiger partial charge in [0.1, 0.15) is 11.8 Å². The summed E-state index contributed by atoms with van der Waals surface area (Å²) in [4.78, 5) is 25.1. The van der Waals surface area contributed by atoms with Gasteiger partial charge in [-0.2, -0.15) is 13.2 Å². The van der Waals surface area contributed by atoms with Gasteiger partial charge in [-0.05, 0) is 31.0 Å². The largest absolute Gasteiger partial charge is 0.482 e. The monoisotopic (exact) mass is 387 g/mol. The zero-order chi connectivity index (χ0) is 19.6. The summed E-state index contributed by atoms with van der Waals surface area (Å²) in [7, 11) is 1.55. The molecule has 1 fully saturated rings. The van der Waals surface area contributed by atoms with E-state index in [9.17, 15) is 22.8 Å². The molecule has 148 valence electrons. The first-order valence-electron chi connectivity index (χ1n) is 8.53. The van der Waals surface area contributed by atoms with E-state index in [0.29, 0.717) is 30.9 Å². The maximum atomic E-state index is 13.2. The molecule has 3 amide bonds. The van der Waals surface area contributed by atoms with E-state index in [1.807, 2.05) is 5.32 Å². The normalized spacial score (nSPS) is 20.7. The van der Waals surface area contributed by atoms with Crippen LogP contribution in [-0.4, -0.2) is 50.5 Å². The van der Waals surface area contributed by atoms with Crippen LogP contribution in [0.1, 0.15) is 19.3 Å². The van der Waals surface area contributed by atoms with Crippen molar-refractivity contribution in [1.82, 2.24) is 5.32 Å². The molecule has 7 nitrogen and oxygen atoms in total. The molecule has 2 aliphatic rings. The second-order valence-electron chi connectivity index (χ2n) is 6.49. The molecule has 27 heavy (non-hydrogen) atoms. The molecule has 0 aliphatic carbocycles. The highest BCUT2D eigenvalue weighted by atomic mass is 19.4. The van der Waals surface area contributed by atoms with E-state index in [1.54, 1.807) is 13.1 Å². The molecule has 2 aliphatic heterocycles. The van der Waals surface area contributed by atoms with Gasteiger partial charge in [-0.25, -0.2) is 4.79 Å². The fourth-order valence-electron chi connectivity index (χ4n) is 3.04. The molecule has 0 radical (unpaired) electrons. The van der Waals surface area contributed by atoms with Gasteiger partial charge in [0.15, 0.2) is 6.61 Å². The molecular weight excluding hydrogens is 367 g/mol. The molecule has 0 aromatic heterocycles. The molecule has 2 atom stereocenters. The van der Waals surface area contributed by atoms with Gasteiger partial charge in [-0.3, -0.25) is 4.79 Å². The van der Waals surface area contributed by atoms with Crippen LogP contribution < -0.4 is 20.3 Å². The highest BCUT2D eigenvalue weighted by Gasteiger charge is 2.42. The summed E-state index contributed by atoms with van der Waals surface area (Å²) in [6.45, 7) is 0.345. The van der Waals surface area contributed by atoms with Crippen LogP contribution in [0, 0.1) is 0 Å². The van der Waals surface area contributed by atoms with Gasteiger partial charge in [0.25, 0.3) is 5.91 Å².